The van der Waals surface area contributed by atoms with Crippen molar-refractivity contribution < 1.29 is 10.2 Å². The van der Waals surface area contributed by atoms with E-state index in [2.05, 4.69) is 31.2 Å². The molecule has 0 amide bonds. The molecule has 0 saturated carbocycles. The van der Waals surface area contributed by atoms with Gasteiger partial charge in [0.2, 0.25) is 0 Å². The summed E-state index contributed by atoms with van der Waals surface area (Å²) in [6, 6.07) is 0. The summed E-state index contributed by atoms with van der Waals surface area (Å²) in [5, 5.41) is 18.2. The molecule has 0 fully saturated rings. The maximum absolute atomic E-state index is 9.48. The number of rotatable bonds is 16. The molecule has 0 saturated heterocycles. The third kappa shape index (κ3) is 17.5. The molecule has 1 unspecified atom stereocenters. The van der Waals surface area contributed by atoms with Gasteiger partial charge < -0.3 is 10.2 Å². The Labute approximate surface area is 138 Å². The monoisotopic (exact) mass is 310 g/mol. The van der Waals surface area contributed by atoms with E-state index in [1.54, 1.807) is 0 Å². The van der Waals surface area contributed by atoms with Gasteiger partial charge in [-0.05, 0) is 44.9 Å². The lowest BCUT2D eigenvalue weighted by molar-refractivity contribution is 0.122. The molecule has 1 atom stereocenters. The van der Waals surface area contributed by atoms with Gasteiger partial charge in [0, 0.05) is 6.61 Å². The van der Waals surface area contributed by atoms with Gasteiger partial charge >= 0.3 is 0 Å². The maximum Gasteiger partial charge on any atom is 0.0562 e. The van der Waals surface area contributed by atoms with Gasteiger partial charge in [0.05, 0.1) is 6.10 Å². The zero-order chi connectivity index (χ0) is 16.3. The molecule has 0 heterocycles. The summed E-state index contributed by atoms with van der Waals surface area (Å²) < 4.78 is 0. The van der Waals surface area contributed by atoms with Crippen LogP contribution in [0.4, 0.5) is 0 Å². The summed E-state index contributed by atoms with van der Waals surface area (Å²) in [5.74, 6) is 0. The van der Waals surface area contributed by atoms with Crippen LogP contribution in [0.15, 0.2) is 24.3 Å². The van der Waals surface area contributed by atoms with Crippen molar-refractivity contribution in [2.75, 3.05) is 6.61 Å². The van der Waals surface area contributed by atoms with Crippen molar-refractivity contribution in [2.45, 2.75) is 96.5 Å². The normalized spacial score (nSPS) is 13.4. The molecule has 0 radical (unpaired) electrons. The highest BCUT2D eigenvalue weighted by Crippen LogP contribution is 2.10. The highest BCUT2D eigenvalue weighted by Gasteiger charge is 2.01. The highest BCUT2D eigenvalue weighted by atomic mass is 16.3. The van der Waals surface area contributed by atoms with E-state index in [9.17, 15) is 5.11 Å². The molecule has 0 aliphatic heterocycles. The molecule has 22 heavy (non-hydrogen) atoms. The first-order chi connectivity index (χ1) is 10.8. The second-order valence-corrected chi connectivity index (χ2v) is 6.19. The predicted octanol–water partition coefficient (Wildman–Crippen LogP) is 5.54. The Morgan fingerprint density at radius 2 is 1.32 bits per heavy atom. The molecule has 130 valence electrons. The summed E-state index contributed by atoms with van der Waals surface area (Å²) in [4.78, 5) is 0. The Kier molecular flexibility index (Phi) is 17.9. The molecule has 2 N–H and O–H groups in total. The van der Waals surface area contributed by atoms with Gasteiger partial charge in [0.25, 0.3) is 0 Å². The van der Waals surface area contributed by atoms with E-state index in [1.165, 1.54) is 57.8 Å². The van der Waals surface area contributed by atoms with Crippen LogP contribution in [-0.4, -0.2) is 22.9 Å². The zero-order valence-electron chi connectivity index (χ0n) is 14.7. The van der Waals surface area contributed by atoms with Crippen molar-refractivity contribution in [3.63, 3.8) is 0 Å². The van der Waals surface area contributed by atoms with Crippen molar-refractivity contribution >= 4 is 0 Å². The lowest BCUT2D eigenvalue weighted by Gasteiger charge is -2.07. The van der Waals surface area contributed by atoms with E-state index in [0.29, 0.717) is 6.42 Å². The van der Waals surface area contributed by atoms with Crippen LogP contribution < -0.4 is 0 Å². The van der Waals surface area contributed by atoms with Crippen molar-refractivity contribution in [1.82, 2.24) is 0 Å². The van der Waals surface area contributed by atoms with Gasteiger partial charge in [-0.25, -0.2) is 0 Å². The Hall–Kier alpha value is -0.600. The number of allylic oxidation sites excluding steroid dienone is 4. The van der Waals surface area contributed by atoms with Crippen molar-refractivity contribution in [3.05, 3.63) is 24.3 Å². The third-order valence-electron chi connectivity index (χ3n) is 3.95. The second-order valence-electron chi connectivity index (χ2n) is 6.19. The Morgan fingerprint density at radius 1 is 0.727 bits per heavy atom. The number of hydrogen-bond donors (Lipinski definition) is 2. The minimum Gasteiger partial charge on any atom is -0.396 e. The Balaban J connectivity index is 3.20. The Bertz CT molecular complexity index is 258. The summed E-state index contributed by atoms with van der Waals surface area (Å²) in [6.07, 6.45) is 23.8. The van der Waals surface area contributed by atoms with Gasteiger partial charge in [-0.3, -0.25) is 0 Å². The largest absolute Gasteiger partial charge is 0.396 e. The highest BCUT2D eigenvalue weighted by molar-refractivity contribution is 4.92. The number of unbranched alkanes of at least 4 members (excludes halogenated alkanes) is 8. The smallest absolute Gasteiger partial charge is 0.0562 e. The summed E-state index contributed by atoms with van der Waals surface area (Å²) in [5.41, 5.74) is 0. The molecular weight excluding hydrogens is 272 g/mol. The Morgan fingerprint density at radius 3 is 1.95 bits per heavy atom. The molecule has 0 spiro atoms. The summed E-state index contributed by atoms with van der Waals surface area (Å²) in [7, 11) is 0. The van der Waals surface area contributed by atoms with E-state index in [-0.39, 0.29) is 12.7 Å². The quantitative estimate of drug-likeness (QED) is 0.290. The van der Waals surface area contributed by atoms with Crippen LogP contribution in [0, 0.1) is 0 Å². The fourth-order valence-corrected chi connectivity index (χ4v) is 2.48. The number of hydrogen-bond acceptors (Lipinski definition) is 2. The van der Waals surface area contributed by atoms with Crippen molar-refractivity contribution in [2.24, 2.45) is 0 Å². The predicted molar refractivity (Wildman–Crippen MR) is 97.1 cm³/mol. The average molecular weight is 311 g/mol. The molecule has 0 aromatic heterocycles. The molecular formula is C20H38O2. The van der Waals surface area contributed by atoms with Gasteiger partial charge in [-0.1, -0.05) is 69.8 Å². The van der Waals surface area contributed by atoms with Gasteiger partial charge in [0.1, 0.15) is 0 Å². The lowest BCUT2D eigenvalue weighted by atomic mass is 10.1. The van der Waals surface area contributed by atoms with Gasteiger partial charge in [-0.15, -0.1) is 0 Å². The molecule has 0 aromatic rings. The first-order valence-corrected chi connectivity index (χ1v) is 9.40. The average Bonchev–Trinajstić information content (AvgIpc) is 2.51. The molecule has 0 aromatic carbocycles. The molecule has 0 aliphatic rings. The fraction of sp³-hybridized carbons (Fsp3) is 0.800. The van der Waals surface area contributed by atoms with Crippen molar-refractivity contribution in [3.8, 4) is 0 Å². The molecule has 0 aliphatic carbocycles. The molecule has 2 heteroatoms. The molecule has 0 rings (SSSR count). The SMILES string of the molecule is CCCCCC=CCC=CCCCCCCCC(O)CCO. The minimum atomic E-state index is -0.303. The van der Waals surface area contributed by atoms with Crippen LogP contribution in [0.25, 0.3) is 0 Å². The summed E-state index contributed by atoms with van der Waals surface area (Å²) >= 11 is 0. The van der Waals surface area contributed by atoms with Crippen LogP contribution in [0.2, 0.25) is 0 Å². The van der Waals surface area contributed by atoms with Gasteiger partial charge in [0.15, 0.2) is 0 Å². The van der Waals surface area contributed by atoms with Gasteiger partial charge in [-0.2, -0.15) is 0 Å². The topological polar surface area (TPSA) is 40.5 Å². The standard InChI is InChI=1S/C20H38O2/c1-2-3-4-5-6-7-8-9-10-11-12-13-14-15-16-17-20(22)18-19-21/h6-7,9-10,20-22H,2-5,8,11-19H2,1H3. The fourth-order valence-electron chi connectivity index (χ4n) is 2.48. The number of aliphatic hydroxyl groups excluding tert-OH is 2. The van der Waals surface area contributed by atoms with Crippen LogP contribution in [0.5, 0.6) is 0 Å². The van der Waals surface area contributed by atoms with Crippen LogP contribution >= 0.6 is 0 Å². The number of aliphatic hydroxyl groups is 2. The van der Waals surface area contributed by atoms with E-state index in [0.717, 1.165) is 19.3 Å². The third-order valence-corrected chi connectivity index (χ3v) is 3.95. The first kappa shape index (κ1) is 21.4. The van der Waals surface area contributed by atoms with E-state index < -0.39 is 0 Å². The second kappa shape index (κ2) is 18.4. The van der Waals surface area contributed by atoms with Crippen LogP contribution in [0.3, 0.4) is 0 Å². The maximum atomic E-state index is 9.48. The van der Waals surface area contributed by atoms with Crippen LogP contribution in [0.1, 0.15) is 90.4 Å². The van der Waals surface area contributed by atoms with E-state index >= 15 is 0 Å². The minimum absolute atomic E-state index is 0.0986. The summed E-state index contributed by atoms with van der Waals surface area (Å²) in [6.45, 7) is 2.34. The van der Waals surface area contributed by atoms with Crippen LogP contribution in [-0.2, 0) is 0 Å². The molecule has 2 nitrogen and oxygen atoms in total. The van der Waals surface area contributed by atoms with E-state index in [1.807, 2.05) is 0 Å². The lowest BCUT2D eigenvalue weighted by Crippen LogP contribution is -2.08. The van der Waals surface area contributed by atoms with E-state index in [4.69, 9.17) is 5.11 Å². The first-order valence-electron chi connectivity index (χ1n) is 9.40. The molecule has 0 bridgehead atoms. The zero-order valence-corrected chi connectivity index (χ0v) is 14.7. The van der Waals surface area contributed by atoms with Crippen molar-refractivity contribution in [1.29, 1.82) is 0 Å².